The van der Waals surface area contributed by atoms with Crippen molar-refractivity contribution in [2.24, 2.45) is 0 Å². The normalized spacial score (nSPS) is 32.9. The highest BCUT2D eigenvalue weighted by Crippen LogP contribution is 2.59. The van der Waals surface area contributed by atoms with Crippen molar-refractivity contribution >= 4 is 13.8 Å². The van der Waals surface area contributed by atoms with Crippen LogP contribution in [0.5, 0.6) is 0 Å². The van der Waals surface area contributed by atoms with E-state index in [4.69, 9.17) is 23.0 Å². The second-order valence-corrected chi connectivity index (χ2v) is 10.7. The Balaban J connectivity index is 1.35. The van der Waals surface area contributed by atoms with Crippen LogP contribution in [0.4, 0.5) is 0 Å². The van der Waals surface area contributed by atoms with Gasteiger partial charge in [0.2, 0.25) is 0 Å². The molecule has 3 aliphatic rings. The lowest BCUT2D eigenvalue weighted by Crippen LogP contribution is -2.52. The first-order chi connectivity index (χ1) is 16.6. The summed E-state index contributed by atoms with van der Waals surface area (Å²) < 4.78 is 41.6. The number of aromatic amines is 1. The molecule has 0 aromatic carbocycles. The summed E-state index contributed by atoms with van der Waals surface area (Å²) in [4.78, 5) is 37.8. The Hall–Kier alpha value is -2.08. The van der Waals surface area contributed by atoms with E-state index in [1.165, 1.54) is 13.1 Å². The Labute approximate surface area is 201 Å². The molecule has 0 radical (unpaired) electrons. The summed E-state index contributed by atoms with van der Waals surface area (Å²) in [5, 5.41) is 11.5. The molecule has 1 aromatic heterocycles. The molecule has 0 bridgehead atoms. The Kier molecular flexibility index (Phi) is 7.80. The molecule has 2 N–H and O–H groups in total. The molecule has 1 saturated carbocycles. The number of fused-ring (bicyclic) bond motifs is 1. The number of hydrogen-bond donors (Lipinski definition) is 2. The number of aliphatic hydroxyl groups is 1. The van der Waals surface area contributed by atoms with Crippen LogP contribution in [0.25, 0.3) is 0 Å². The number of unbranched alkanes of at least 4 members (excludes halogenated alkanes) is 1. The molecule has 3 heterocycles. The zero-order valence-electron chi connectivity index (χ0n) is 19.6. The molecule has 0 unspecified atom stereocenters. The van der Waals surface area contributed by atoms with Crippen molar-refractivity contribution < 1.29 is 37.5 Å². The van der Waals surface area contributed by atoms with E-state index in [1.807, 2.05) is 0 Å². The van der Waals surface area contributed by atoms with Gasteiger partial charge in [-0.1, -0.05) is 6.58 Å². The van der Waals surface area contributed by atoms with E-state index < -0.39 is 43.1 Å². The first-order valence-electron chi connectivity index (χ1n) is 11.7. The predicted octanol–water partition coefficient (Wildman–Crippen LogP) is 1.94. The molecule has 12 nitrogen and oxygen atoms in total. The van der Waals surface area contributed by atoms with Gasteiger partial charge in [0.05, 0.1) is 13.2 Å². The molecule has 13 heteroatoms. The number of aromatic nitrogens is 2. The van der Waals surface area contributed by atoms with Crippen molar-refractivity contribution in [3.8, 4) is 0 Å². The van der Waals surface area contributed by atoms with Crippen LogP contribution in [0.3, 0.4) is 0 Å². The predicted molar refractivity (Wildman–Crippen MR) is 122 cm³/mol. The molecule has 0 spiro atoms. The number of esters is 1. The van der Waals surface area contributed by atoms with Gasteiger partial charge in [-0.3, -0.25) is 32.7 Å². The zero-order valence-corrected chi connectivity index (χ0v) is 20.4. The molecule has 35 heavy (non-hydrogen) atoms. The highest BCUT2D eigenvalue weighted by molar-refractivity contribution is 7.48. The summed E-state index contributed by atoms with van der Waals surface area (Å²) in [6, 6.07) is 1.11. The number of H-pyrrole nitrogens is 1. The molecule has 194 valence electrons. The van der Waals surface area contributed by atoms with Crippen LogP contribution in [-0.2, 0) is 32.4 Å². The Morgan fingerprint density at radius 2 is 2.09 bits per heavy atom. The summed E-state index contributed by atoms with van der Waals surface area (Å²) in [5.41, 5.74) is -3.17. The number of carbonyl (C=O) groups excluding carboxylic acids is 1. The maximum atomic E-state index is 13.1. The summed E-state index contributed by atoms with van der Waals surface area (Å²) in [7, 11) is -4.07. The third-order valence-corrected chi connectivity index (χ3v) is 7.95. The highest BCUT2D eigenvalue weighted by Gasteiger charge is 2.63. The molecule has 0 amide bonds. The standard InChI is InChI=1S/C22H31N2O10P/c1-14(2)22(28)19-16(33-20(22)24-11-10-17(25)23-21(24)27)13-31-35(29,34-19)30-12-6-5-9-18(26)32-15-7-3-4-8-15/h10-11,15-16,19-20,28H,1,3-9,12-13H2,2H3,(H,23,25,27)/t16-,19-,20-,22-,35+/m1/s1. The maximum Gasteiger partial charge on any atom is 0.475 e. The first kappa shape index (κ1) is 26.0. The molecule has 2 aliphatic heterocycles. The molecule has 5 atom stereocenters. The topological polar surface area (TPSA) is 155 Å². The van der Waals surface area contributed by atoms with Crippen LogP contribution in [0, 0.1) is 0 Å². The van der Waals surface area contributed by atoms with Gasteiger partial charge in [-0.2, -0.15) is 0 Å². The van der Waals surface area contributed by atoms with Crippen molar-refractivity contribution in [2.45, 2.75) is 82.0 Å². The van der Waals surface area contributed by atoms with Crippen LogP contribution >= 0.6 is 7.82 Å². The second kappa shape index (κ2) is 10.5. The fraction of sp³-hybridized carbons (Fsp3) is 0.682. The highest BCUT2D eigenvalue weighted by atomic mass is 31.2. The van der Waals surface area contributed by atoms with Crippen LogP contribution < -0.4 is 11.2 Å². The lowest BCUT2D eigenvalue weighted by Gasteiger charge is -2.37. The zero-order chi connectivity index (χ0) is 25.2. The Bertz CT molecular complexity index is 1110. The summed E-state index contributed by atoms with van der Waals surface area (Å²) in [5.74, 6) is -0.255. The number of nitrogens with one attached hydrogen (secondary N) is 1. The third-order valence-electron chi connectivity index (χ3n) is 6.50. The van der Waals surface area contributed by atoms with E-state index in [2.05, 4.69) is 11.6 Å². The number of rotatable bonds is 9. The maximum absolute atomic E-state index is 13.1. The summed E-state index contributed by atoms with van der Waals surface area (Å²) >= 11 is 0. The lowest BCUT2D eigenvalue weighted by molar-refractivity contribution is -0.148. The van der Waals surface area contributed by atoms with Gasteiger partial charge in [0.1, 0.15) is 18.3 Å². The number of phosphoric ester groups is 1. The fourth-order valence-electron chi connectivity index (χ4n) is 4.58. The number of ether oxygens (including phenoxy) is 2. The van der Waals surface area contributed by atoms with Gasteiger partial charge in [0, 0.05) is 18.7 Å². The number of hydrogen-bond acceptors (Lipinski definition) is 10. The van der Waals surface area contributed by atoms with Crippen molar-refractivity contribution in [1.82, 2.24) is 9.55 Å². The van der Waals surface area contributed by atoms with E-state index in [-0.39, 0.29) is 37.3 Å². The average Bonchev–Trinajstić information content (AvgIpc) is 3.40. The van der Waals surface area contributed by atoms with Gasteiger partial charge >= 0.3 is 19.5 Å². The smallest absolute Gasteiger partial charge is 0.462 e. The number of nitrogens with zero attached hydrogens (tertiary/aromatic N) is 1. The second-order valence-electron chi connectivity index (χ2n) is 9.11. The van der Waals surface area contributed by atoms with Gasteiger partial charge in [-0.25, -0.2) is 9.36 Å². The van der Waals surface area contributed by atoms with Gasteiger partial charge in [-0.15, -0.1) is 0 Å². The molecule has 1 aromatic rings. The van der Waals surface area contributed by atoms with Gasteiger partial charge in [-0.05, 0) is 51.0 Å². The Morgan fingerprint density at radius 1 is 1.34 bits per heavy atom. The quantitative estimate of drug-likeness (QED) is 0.216. The van der Waals surface area contributed by atoms with E-state index >= 15 is 0 Å². The summed E-state index contributed by atoms with van der Waals surface area (Å²) in [6.45, 7) is 5.09. The van der Waals surface area contributed by atoms with Gasteiger partial charge in [0.25, 0.3) is 5.56 Å². The van der Waals surface area contributed by atoms with E-state index in [0.29, 0.717) is 12.8 Å². The molecular weight excluding hydrogens is 483 g/mol. The van der Waals surface area contributed by atoms with Crippen molar-refractivity contribution in [3.63, 3.8) is 0 Å². The monoisotopic (exact) mass is 514 g/mol. The van der Waals surface area contributed by atoms with Crippen molar-refractivity contribution in [1.29, 1.82) is 0 Å². The minimum absolute atomic E-state index is 0.000535. The van der Waals surface area contributed by atoms with Crippen molar-refractivity contribution in [3.05, 3.63) is 45.3 Å². The minimum atomic E-state index is -4.07. The first-order valence-corrected chi connectivity index (χ1v) is 13.2. The van der Waals surface area contributed by atoms with Crippen LogP contribution in [0.1, 0.15) is 58.1 Å². The van der Waals surface area contributed by atoms with E-state index in [0.717, 1.165) is 36.3 Å². The van der Waals surface area contributed by atoms with Crippen LogP contribution in [0.15, 0.2) is 34.0 Å². The van der Waals surface area contributed by atoms with E-state index in [1.54, 1.807) is 0 Å². The largest absolute Gasteiger partial charge is 0.475 e. The minimum Gasteiger partial charge on any atom is -0.462 e. The number of phosphoric acid groups is 1. The van der Waals surface area contributed by atoms with Gasteiger partial charge in [0.15, 0.2) is 11.8 Å². The molecule has 1 aliphatic carbocycles. The molecule has 4 rings (SSSR count). The van der Waals surface area contributed by atoms with Crippen LogP contribution in [0.2, 0.25) is 0 Å². The Morgan fingerprint density at radius 3 is 2.77 bits per heavy atom. The van der Waals surface area contributed by atoms with Crippen molar-refractivity contribution in [2.75, 3.05) is 13.2 Å². The summed E-state index contributed by atoms with van der Waals surface area (Å²) in [6.07, 6.45) is 2.92. The third kappa shape index (κ3) is 5.52. The SMILES string of the molecule is C=C(C)[C@@]1(O)[C@@H]2O[P@@](=O)(OCCCCC(=O)OC3CCCC3)OC[C@H]2O[C@H]1n1ccc(=O)[nH]c1=O. The molecular formula is C22H31N2O10P. The fourth-order valence-corrected chi connectivity index (χ4v) is 6.04. The molecule has 3 fully saturated rings. The lowest BCUT2D eigenvalue weighted by atomic mass is 9.87. The number of carbonyl (C=O) groups is 1. The molecule has 2 saturated heterocycles. The van der Waals surface area contributed by atoms with E-state index in [9.17, 15) is 24.1 Å². The average molecular weight is 514 g/mol. The van der Waals surface area contributed by atoms with Crippen LogP contribution in [-0.4, -0.2) is 57.8 Å². The van der Waals surface area contributed by atoms with Gasteiger partial charge < -0.3 is 14.6 Å².